The van der Waals surface area contributed by atoms with Crippen molar-refractivity contribution in [2.75, 3.05) is 0 Å². The van der Waals surface area contributed by atoms with Crippen molar-refractivity contribution in [3.8, 4) is 67.5 Å². The first-order chi connectivity index (χ1) is 25.7. The Kier molecular flexibility index (Phi) is 6.74. The molecule has 0 saturated heterocycles. The smallest absolute Gasteiger partial charge is 0.164 e. The van der Waals surface area contributed by atoms with Gasteiger partial charge in [0, 0.05) is 22.1 Å². The second-order valence-electron chi connectivity index (χ2n) is 15.6. The van der Waals surface area contributed by atoms with Gasteiger partial charge in [0.1, 0.15) is 0 Å². The van der Waals surface area contributed by atoms with E-state index >= 15 is 0 Å². The summed E-state index contributed by atoms with van der Waals surface area (Å²) in [5.41, 5.74) is 13.9. The number of fused-ring (bicyclic) bond motifs is 3. The van der Waals surface area contributed by atoms with Crippen molar-refractivity contribution < 1.29 is 0 Å². The van der Waals surface area contributed by atoms with Gasteiger partial charge in [-0.15, -0.1) is 0 Å². The monoisotopic (exact) mass is 669 g/mol. The molecule has 52 heavy (non-hydrogen) atoms. The Labute approximate surface area is 305 Å². The Morgan fingerprint density at radius 3 is 1.44 bits per heavy atom. The van der Waals surface area contributed by atoms with Crippen molar-refractivity contribution in [3.63, 3.8) is 0 Å². The van der Waals surface area contributed by atoms with Crippen molar-refractivity contribution in [1.29, 1.82) is 0 Å². The average molecular weight is 670 g/mol. The van der Waals surface area contributed by atoms with E-state index in [2.05, 4.69) is 115 Å². The number of rotatable bonds is 5. The fourth-order valence-electron chi connectivity index (χ4n) is 11.0. The number of hydrogen-bond donors (Lipinski definition) is 0. The average Bonchev–Trinajstić information content (AvgIpc) is 3.50. The summed E-state index contributed by atoms with van der Waals surface area (Å²) in [6.07, 6.45) is 7.08. The zero-order valence-corrected chi connectivity index (χ0v) is 29.1. The molecular formula is C49H39N3. The summed E-state index contributed by atoms with van der Waals surface area (Å²) in [5.74, 6) is 5.42. The van der Waals surface area contributed by atoms with Crippen LogP contribution in [-0.2, 0) is 5.41 Å². The van der Waals surface area contributed by atoms with E-state index in [1.165, 1.54) is 54.4 Å². The molecule has 0 unspecified atom stereocenters. The van der Waals surface area contributed by atoms with Crippen molar-refractivity contribution in [3.05, 3.63) is 163 Å². The van der Waals surface area contributed by atoms with Crippen LogP contribution in [0, 0.1) is 23.7 Å². The Morgan fingerprint density at radius 2 is 0.827 bits per heavy atom. The van der Waals surface area contributed by atoms with Crippen LogP contribution in [0.2, 0.25) is 0 Å². The molecule has 5 aliphatic carbocycles. The maximum atomic E-state index is 5.12. The highest BCUT2D eigenvalue weighted by atomic mass is 15.0. The first-order valence-electron chi connectivity index (χ1n) is 19.0. The maximum Gasteiger partial charge on any atom is 0.164 e. The molecule has 12 rings (SSSR count). The van der Waals surface area contributed by atoms with Crippen molar-refractivity contribution >= 4 is 0 Å². The highest BCUT2D eigenvalue weighted by Gasteiger charge is 2.61. The minimum absolute atomic E-state index is 0.183. The highest BCUT2D eigenvalue weighted by molar-refractivity contribution is 5.89. The van der Waals surface area contributed by atoms with E-state index in [1.807, 2.05) is 36.4 Å². The summed E-state index contributed by atoms with van der Waals surface area (Å²) in [4.78, 5) is 15.2. The third kappa shape index (κ3) is 4.54. The molecule has 0 atom stereocenters. The van der Waals surface area contributed by atoms with Gasteiger partial charge < -0.3 is 0 Å². The number of nitrogens with zero attached hydrogens (tertiary/aromatic N) is 3. The summed E-state index contributed by atoms with van der Waals surface area (Å²) in [6.45, 7) is 0. The molecule has 6 aromatic carbocycles. The zero-order chi connectivity index (χ0) is 34.2. The summed E-state index contributed by atoms with van der Waals surface area (Å²) in [6, 6.07) is 54.8. The topological polar surface area (TPSA) is 38.7 Å². The van der Waals surface area contributed by atoms with Gasteiger partial charge in [-0.3, -0.25) is 0 Å². The molecule has 3 nitrogen and oxygen atoms in total. The minimum Gasteiger partial charge on any atom is -0.208 e. The van der Waals surface area contributed by atoms with E-state index in [-0.39, 0.29) is 5.41 Å². The Morgan fingerprint density at radius 1 is 0.346 bits per heavy atom. The van der Waals surface area contributed by atoms with Crippen molar-refractivity contribution in [1.82, 2.24) is 15.0 Å². The molecule has 1 spiro atoms. The molecule has 0 aliphatic heterocycles. The van der Waals surface area contributed by atoms with Crippen LogP contribution in [0.3, 0.4) is 0 Å². The van der Waals surface area contributed by atoms with Gasteiger partial charge in [0.2, 0.25) is 0 Å². The van der Waals surface area contributed by atoms with Crippen LogP contribution in [0.4, 0.5) is 0 Å². The first kappa shape index (κ1) is 30.0. The summed E-state index contributed by atoms with van der Waals surface area (Å²) < 4.78 is 0. The zero-order valence-electron chi connectivity index (χ0n) is 29.1. The fourth-order valence-corrected chi connectivity index (χ4v) is 11.0. The lowest BCUT2D eigenvalue weighted by molar-refractivity contribution is -0.0399. The van der Waals surface area contributed by atoms with Crippen LogP contribution in [0.5, 0.6) is 0 Å². The molecule has 3 heteroatoms. The molecule has 0 N–H and O–H groups in total. The summed E-state index contributed by atoms with van der Waals surface area (Å²) >= 11 is 0. The second kappa shape index (κ2) is 11.7. The van der Waals surface area contributed by atoms with Gasteiger partial charge in [0.05, 0.1) is 0 Å². The molecule has 4 bridgehead atoms. The van der Waals surface area contributed by atoms with Crippen LogP contribution in [0.15, 0.2) is 152 Å². The van der Waals surface area contributed by atoms with Crippen LogP contribution >= 0.6 is 0 Å². The van der Waals surface area contributed by atoms with E-state index in [9.17, 15) is 0 Å². The minimum atomic E-state index is 0.183. The normalized spacial score (nSPS) is 23.5. The maximum absolute atomic E-state index is 5.12. The second-order valence-corrected chi connectivity index (χ2v) is 15.6. The van der Waals surface area contributed by atoms with Gasteiger partial charge in [0.25, 0.3) is 0 Å². The molecule has 0 radical (unpaired) electrons. The largest absolute Gasteiger partial charge is 0.208 e. The molecule has 7 aromatic rings. The predicted octanol–water partition coefficient (Wildman–Crippen LogP) is 11.9. The van der Waals surface area contributed by atoms with Crippen LogP contribution < -0.4 is 0 Å². The lowest BCUT2D eigenvalue weighted by Gasteiger charge is -2.61. The Bertz CT molecular complexity index is 2380. The number of aromatic nitrogens is 3. The van der Waals surface area contributed by atoms with E-state index < -0.39 is 0 Å². The molecule has 4 fully saturated rings. The van der Waals surface area contributed by atoms with E-state index in [0.29, 0.717) is 17.5 Å². The Hall–Kier alpha value is -5.67. The van der Waals surface area contributed by atoms with Gasteiger partial charge >= 0.3 is 0 Å². The van der Waals surface area contributed by atoms with Gasteiger partial charge in [-0.1, -0.05) is 133 Å². The van der Waals surface area contributed by atoms with Crippen molar-refractivity contribution in [2.45, 2.75) is 37.5 Å². The van der Waals surface area contributed by atoms with Gasteiger partial charge in [-0.25, -0.2) is 15.0 Å². The molecule has 4 saturated carbocycles. The third-order valence-electron chi connectivity index (χ3n) is 12.9. The van der Waals surface area contributed by atoms with Gasteiger partial charge in [0.15, 0.2) is 17.5 Å². The van der Waals surface area contributed by atoms with Crippen LogP contribution in [-0.4, -0.2) is 15.0 Å². The fraction of sp³-hybridized carbons (Fsp3) is 0.204. The molecule has 0 amide bonds. The highest BCUT2D eigenvalue weighted by Crippen LogP contribution is 2.69. The van der Waals surface area contributed by atoms with Gasteiger partial charge in [-0.2, -0.15) is 0 Å². The van der Waals surface area contributed by atoms with E-state index in [4.69, 9.17) is 15.0 Å². The summed E-state index contributed by atoms with van der Waals surface area (Å²) in [5, 5.41) is 0. The Balaban J connectivity index is 1.07. The number of benzene rings is 6. The molecule has 5 aliphatic rings. The lowest BCUT2D eigenvalue weighted by atomic mass is 9.43. The molecule has 1 aromatic heterocycles. The van der Waals surface area contributed by atoms with Crippen molar-refractivity contribution in [2.24, 2.45) is 23.7 Å². The third-order valence-corrected chi connectivity index (χ3v) is 12.9. The summed E-state index contributed by atoms with van der Waals surface area (Å²) in [7, 11) is 0. The van der Waals surface area contributed by atoms with E-state index in [1.54, 1.807) is 11.1 Å². The quantitative estimate of drug-likeness (QED) is 0.183. The number of hydrogen-bond acceptors (Lipinski definition) is 3. The SMILES string of the molecule is c1ccc(-c2nc(-c3ccccc3)nc(-c3ccc(-c4ccc5c(c4)-c4ccccc4C54C5CC6CC(C5)CC4C6)cc3-c3ccccc3)n2)cc1. The molecule has 250 valence electrons. The van der Waals surface area contributed by atoms with Crippen LogP contribution in [0.1, 0.15) is 43.2 Å². The van der Waals surface area contributed by atoms with Gasteiger partial charge in [-0.05, 0) is 118 Å². The van der Waals surface area contributed by atoms with E-state index in [0.717, 1.165) is 51.5 Å². The predicted molar refractivity (Wildman–Crippen MR) is 210 cm³/mol. The first-order valence-corrected chi connectivity index (χ1v) is 19.0. The molecular weight excluding hydrogens is 631 g/mol. The standard InChI is InChI=1S/C49H39N3/c1-4-12-33(13-5-1)42-29-36(20-22-41(42)48-51-46(34-14-6-2-7-15-34)50-47(52-48)35-16-8-3-9-17-35)37-21-23-45-43(30-37)40-18-10-11-19-44(40)49(45)38-25-31-24-32(27-38)28-39(49)26-31/h1-23,29-32,38-39H,24-28H2. The molecule has 1 heterocycles. The van der Waals surface area contributed by atoms with Crippen LogP contribution in [0.25, 0.3) is 67.5 Å². The lowest BCUT2D eigenvalue weighted by Crippen LogP contribution is -2.55.